The number of hydrogen-bond acceptors (Lipinski definition) is 6. The van der Waals surface area contributed by atoms with E-state index in [0.717, 1.165) is 74.1 Å². The molecule has 8 aromatic rings. The smallest absolute Gasteiger partial charge is 0.354 e. The van der Waals surface area contributed by atoms with Gasteiger partial charge in [0, 0.05) is 28.9 Å². The Labute approximate surface area is 314 Å². The van der Waals surface area contributed by atoms with Crippen LogP contribution in [0.15, 0.2) is 152 Å². The van der Waals surface area contributed by atoms with Gasteiger partial charge in [-0.3, -0.25) is 4.98 Å². The zero-order valence-electron chi connectivity index (χ0n) is 30.6. The summed E-state index contributed by atoms with van der Waals surface area (Å²) in [6.45, 7) is 4.69. The number of hydrogen-bond donors (Lipinski definition) is 0. The van der Waals surface area contributed by atoms with E-state index in [4.69, 9.17) is 25.1 Å². The van der Waals surface area contributed by atoms with Gasteiger partial charge in [-0.25, -0.2) is 4.79 Å². The quantitative estimate of drug-likeness (QED) is 0.0984. The van der Waals surface area contributed by atoms with Gasteiger partial charge in [0.15, 0.2) is 5.54 Å². The van der Waals surface area contributed by atoms with Gasteiger partial charge < -0.3 is 9.30 Å². The van der Waals surface area contributed by atoms with Crippen LogP contribution in [0.2, 0.25) is 0 Å². The molecule has 0 N–H and O–H groups in total. The summed E-state index contributed by atoms with van der Waals surface area (Å²) in [6, 6.07) is 51.6. The second-order valence-electron chi connectivity index (χ2n) is 13.3. The Kier molecular flexibility index (Phi) is 9.40. The summed E-state index contributed by atoms with van der Waals surface area (Å²) >= 11 is 0. The van der Waals surface area contributed by atoms with Crippen molar-refractivity contribution in [1.29, 1.82) is 0 Å². The summed E-state index contributed by atoms with van der Waals surface area (Å²) in [5, 5.41) is 15.7. The molecule has 0 saturated carbocycles. The zero-order valence-corrected chi connectivity index (χ0v) is 30.6. The number of nitrogens with zero attached hydrogens (tertiary/aromatic N) is 6. The fourth-order valence-corrected chi connectivity index (χ4v) is 7.52. The molecule has 0 aliphatic heterocycles. The van der Waals surface area contributed by atoms with Crippen LogP contribution in [0.1, 0.15) is 58.0 Å². The Bertz CT molecular complexity index is 2450. The Morgan fingerprint density at radius 2 is 1.26 bits per heavy atom. The minimum absolute atomic E-state index is 0.367. The molecule has 0 unspecified atom stereocenters. The first-order valence-corrected chi connectivity index (χ1v) is 18.3. The maximum Gasteiger partial charge on any atom is 0.354 e. The molecule has 5 aromatic carbocycles. The molecule has 0 aliphatic carbocycles. The lowest BCUT2D eigenvalue weighted by atomic mass is 9.77. The summed E-state index contributed by atoms with van der Waals surface area (Å²) in [4.78, 5) is 19.6. The minimum atomic E-state index is -0.872. The number of aryl methyl sites for hydroxylation is 2. The van der Waals surface area contributed by atoms with Crippen LogP contribution in [-0.4, -0.2) is 42.8 Å². The molecule has 0 amide bonds. The first kappa shape index (κ1) is 34.4. The van der Waals surface area contributed by atoms with Crippen molar-refractivity contribution in [2.24, 2.45) is 0 Å². The van der Waals surface area contributed by atoms with Crippen LogP contribution in [0, 0.1) is 0 Å². The number of tetrazole rings is 1. The molecule has 0 radical (unpaired) electrons. The molecule has 54 heavy (non-hydrogen) atoms. The number of ether oxygens (including phenoxy) is 1. The highest BCUT2D eigenvalue weighted by Crippen LogP contribution is 2.40. The van der Waals surface area contributed by atoms with Crippen LogP contribution in [0.4, 0.5) is 0 Å². The predicted molar refractivity (Wildman–Crippen MR) is 212 cm³/mol. The summed E-state index contributed by atoms with van der Waals surface area (Å²) in [5.41, 5.74) is 9.61. The van der Waals surface area contributed by atoms with E-state index in [1.807, 2.05) is 83.4 Å². The van der Waals surface area contributed by atoms with Gasteiger partial charge in [0.1, 0.15) is 5.69 Å². The third kappa shape index (κ3) is 6.05. The molecule has 0 spiro atoms. The van der Waals surface area contributed by atoms with Crippen molar-refractivity contribution in [3.05, 3.63) is 191 Å². The van der Waals surface area contributed by atoms with Crippen LogP contribution in [0.5, 0.6) is 0 Å². The van der Waals surface area contributed by atoms with Crippen LogP contribution < -0.4 is 0 Å². The van der Waals surface area contributed by atoms with Crippen molar-refractivity contribution in [2.75, 3.05) is 7.11 Å². The summed E-state index contributed by atoms with van der Waals surface area (Å²) in [5.74, 6) is 0.156. The molecular weight excluding hydrogens is 669 g/mol. The highest BCUT2D eigenvalue weighted by molar-refractivity contribution is 5.96. The lowest BCUT2D eigenvalue weighted by molar-refractivity contribution is 0.0589. The molecule has 8 nitrogen and oxygen atoms in total. The van der Waals surface area contributed by atoms with E-state index in [0.29, 0.717) is 18.1 Å². The highest BCUT2D eigenvalue weighted by Gasteiger charge is 2.41. The van der Waals surface area contributed by atoms with Crippen molar-refractivity contribution in [3.8, 4) is 22.5 Å². The highest BCUT2D eigenvalue weighted by atomic mass is 16.5. The van der Waals surface area contributed by atoms with E-state index >= 15 is 0 Å². The topological polar surface area (TPSA) is 87.7 Å². The maximum absolute atomic E-state index is 13.0. The fourth-order valence-electron chi connectivity index (χ4n) is 7.52. The number of aromatic nitrogens is 6. The molecule has 266 valence electrons. The van der Waals surface area contributed by atoms with E-state index in [1.54, 1.807) is 4.80 Å². The molecule has 0 aliphatic rings. The minimum Gasteiger partial charge on any atom is -0.464 e. The standard InChI is InChI=1S/C46H40N6O2/c1-4-37-29-42-40(41(5-2)47-37)30-43(45(53)54-3)51(42)31-32-25-27-33(28-26-32)38-23-15-16-24-39(38)44-48-50-52(49-44)46(34-17-9-6-10-18-34,35-19-11-7-12-20-35)36-21-13-8-14-22-36/h6-30H,4-5,31H2,1-3H3. The Morgan fingerprint density at radius 1 is 0.685 bits per heavy atom. The van der Waals surface area contributed by atoms with Gasteiger partial charge >= 0.3 is 5.97 Å². The lowest BCUT2D eigenvalue weighted by Gasteiger charge is -2.34. The third-order valence-corrected chi connectivity index (χ3v) is 10.2. The first-order valence-electron chi connectivity index (χ1n) is 18.3. The maximum atomic E-state index is 13.0. The molecule has 0 saturated heterocycles. The number of methoxy groups -OCH3 is 1. The number of carbonyl (C=O) groups excluding carboxylic acids is 1. The van der Waals surface area contributed by atoms with Crippen LogP contribution in [0.3, 0.4) is 0 Å². The molecule has 0 fully saturated rings. The van der Waals surface area contributed by atoms with Gasteiger partial charge in [0.05, 0.1) is 12.6 Å². The van der Waals surface area contributed by atoms with Crippen molar-refractivity contribution in [1.82, 2.24) is 29.8 Å². The lowest BCUT2D eigenvalue weighted by Crippen LogP contribution is -2.39. The number of benzene rings is 5. The van der Waals surface area contributed by atoms with E-state index in [9.17, 15) is 4.79 Å². The predicted octanol–water partition coefficient (Wildman–Crippen LogP) is 9.16. The number of rotatable bonds is 11. The van der Waals surface area contributed by atoms with E-state index < -0.39 is 5.54 Å². The second kappa shape index (κ2) is 14.8. The Morgan fingerprint density at radius 3 is 1.81 bits per heavy atom. The monoisotopic (exact) mass is 708 g/mol. The van der Waals surface area contributed by atoms with Crippen LogP contribution >= 0.6 is 0 Å². The fraction of sp³-hybridized carbons (Fsp3) is 0.152. The number of carbonyl (C=O) groups is 1. The normalized spacial score (nSPS) is 11.5. The SMILES string of the molecule is CCc1cc2c(cc(C(=O)OC)n2Cc2ccc(-c3ccccc3-c3nnn(C(c4ccccc4)(c4ccccc4)c4ccccc4)n3)cc2)c(CC)n1. The van der Waals surface area contributed by atoms with Crippen molar-refractivity contribution >= 4 is 16.9 Å². The van der Waals surface area contributed by atoms with Gasteiger partial charge in [-0.15, -0.1) is 15.0 Å². The summed E-state index contributed by atoms with van der Waals surface area (Å²) < 4.78 is 7.25. The molecule has 8 rings (SSSR count). The second-order valence-corrected chi connectivity index (χ2v) is 13.3. The molecule has 3 aromatic heterocycles. The molecule has 0 atom stereocenters. The number of esters is 1. The van der Waals surface area contributed by atoms with Crippen LogP contribution in [-0.2, 0) is 29.7 Å². The average molecular weight is 709 g/mol. The summed E-state index contributed by atoms with van der Waals surface area (Å²) in [6.07, 6.45) is 1.58. The molecule has 0 bridgehead atoms. The molecular formula is C46H40N6O2. The molecule has 3 heterocycles. The Balaban J connectivity index is 1.19. The summed E-state index contributed by atoms with van der Waals surface area (Å²) in [7, 11) is 1.42. The van der Waals surface area contributed by atoms with Crippen molar-refractivity contribution in [2.45, 2.75) is 38.8 Å². The zero-order chi connectivity index (χ0) is 37.1. The Hall–Kier alpha value is -6.67. The third-order valence-electron chi connectivity index (χ3n) is 10.2. The molecule has 8 heteroatoms. The van der Waals surface area contributed by atoms with Crippen molar-refractivity contribution in [3.63, 3.8) is 0 Å². The van der Waals surface area contributed by atoms with E-state index in [1.165, 1.54) is 7.11 Å². The van der Waals surface area contributed by atoms with Gasteiger partial charge in [-0.05, 0) is 63.6 Å². The van der Waals surface area contributed by atoms with E-state index in [2.05, 4.69) is 86.6 Å². The van der Waals surface area contributed by atoms with Gasteiger partial charge in [0.25, 0.3) is 0 Å². The van der Waals surface area contributed by atoms with Gasteiger partial charge in [0.2, 0.25) is 5.82 Å². The number of fused-ring (bicyclic) bond motifs is 1. The number of pyridine rings is 1. The average Bonchev–Trinajstić information content (AvgIpc) is 3.88. The van der Waals surface area contributed by atoms with Gasteiger partial charge in [-0.1, -0.05) is 153 Å². The van der Waals surface area contributed by atoms with Crippen LogP contribution in [0.25, 0.3) is 33.4 Å². The largest absolute Gasteiger partial charge is 0.464 e. The van der Waals surface area contributed by atoms with E-state index in [-0.39, 0.29) is 5.97 Å². The first-order chi connectivity index (χ1) is 26.5. The van der Waals surface area contributed by atoms with Crippen molar-refractivity contribution < 1.29 is 9.53 Å². The van der Waals surface area contributed by atoms with Gasteiger partial charge in [-0.2, -0.15) is 0 Å².